The Hall–Kier alpha value is -1.36. The van der Waals surface area contributed by atoms with Crippen molar-refractivity contribution in [1.29, 1.82) is 0 Å². The second kappa shape index (κ2) is 6.39. The maximum absolute atomic E-state index is 9.64. The lowest BCUT2D eigenvalue weighted by Crippen LogP contribution is -2.32. The Morgan fingerprint density at radius 3 is 1.85 bits per heavy atom. The smallest absolute Gasteiger partial charge is 0.207 e. The number of aliphatic hydroxyl groups is 2. The molecule has 0 amide bonds. The average molecular weight is 337 g/mol. The summed E-state index contributed by atoms with van der Waals surface area (Å²) in [6.07, 6.45) is 0.184. The third-order valence-electron chi connectivity index (χ3n) is 2.95. The van der Waals surface area contributed by atoms with Crippen molar-refractivity contribution in [2.75, 3.05) is 6.61 Å². The highest BCUT2D eigenvalue weighted by molar-refractivity contribution is 9.10. The van der Waals surface area contributed by atoms with Crippen molar-refractivity contribution in [3.63, 3.8) is 0 Å². The molecule has 3 nitrogen and oxygen atoms in total. The largest absolute Gasteiger partial charge is 0.463 e. The zero-order valence-corrected chi connectivity index (χ0v) is 12.8. The van der Waals surface area contributed by atoms with Crippen LogP contribution in [0.15, 0.2) is 53.0 Å². The molecule has 3 rings (SSSR count). The Morgan fingerprint density at radius 2 is 1.50 bits per heavy atom. The average Bonchev–Trinajstić information content (AvgIpc) is 2.37. The van der Waals surface area contributed by atoms with Gasteiger partial charge >= 0.3 is 0 Å². The summed E-state index contributed by atoms with van der Waals surface area (Å²) < 4.78 is 6.22. The van der Waals surface area contributed by atoms with Crippen molar-refractivity contribution < 1.29 is 14.9 Å². The molecule has 0 aliphatic heterocycles. The summed E-state index contributed by atoms with van der Waals surface area (Å²) in [4.78, 5) is 0. The Kier molecular flexibility index (Phi) is 4.81. The molecule has 2 aliphatic carbocycles. The van der Waals surface area contributed by atoms with Crippen LogP contribution in [-0.4, -0.2) is 22.6 Å². The minimum absolute atomic E-state index is 0.108. The molecule has 0 spiro atoms. The number of ether oxygens (including phenoxy) is 1. The van der Waals surface area contributed by atoms with E-state index >= 15 is 0 Å². The van der Waals surface area contributed by atoms with E-state index in [4.69, 9.17) is 9.84 Å². The highest BCUT2D eigenvalue weighted by atomic mass is 79.9. The Morgan fingerprint density at radius 1 is 1.00 bits per heavy atom. The fraction of sp³-hybridized carbons (Fsp3) is 0.250. The molecule has 0 heterocycles. The monoisotopic (exact) mass is 336 g/mol. The second-order valence-corrected chi connectivity index (χ2v) is 5.70. The number of benzene rings is 2. The van der Waals surface area contributed by atoms with E-state index in [1.165, 1.54) is 17.4 Å². The summed E-state index contributed by atoms with van der Waals surface area (Å²) in [5.74, 6) is -0.741. The van der Waals surface area contributed by atoms with E-state index in [1.54, 1.807) is 12.1 Å². The van der Waals surface area contributed by atoms with Crippen LogP contribution in [0.5, 0.6) is 5.75 Å². The normalized spacial score (nSPS) is 13.8. The molecule has 1 unspecified atom stereocenters. The lowest BCUT2D eigenvalue weighted by molar-refractivity contribution is -0.132. The predicted octanol–water partition coefficient (Wildman–Crippen LogP) is 3.21. The highest BCUT2D eigenvalue weighted by Gasteiger charge is 2.21. The van der Waals surface area contributed by atoms with E-state index in [2.05, 4.69) is 40.2 Å². The fourth-order valence-electron chi connectivity index (χ4n) is 1.68. The first-order valence-corrected chi connectivity index (χ1v) is 7.18. The molecular formula is C16H17BrO3. The predicted molar refractivity (Wildman–Crippen MR) is 81.2 cm³/mol. The molecule has 0 saturated heterocycles. The number of halogens is 1. The number of hydrogen-bond donors (Lipinski definition) is 2. The van der Waals surface area contributed by atoms with Crippen molar-refractivity contribution >= 4 is 15.9 Å². The van der Waals surface area contributed by atoms with Crippen molar-refractivity contribution in [3.8, 4) is 5.75 Å². The van der Waals surface area contributed by atoms with Gasteiger partial charge in [-0.05, 0) is 34.7 Å². The van der Waals surface area contributed by atoms with Gasteiger partial charge in [0.1, 0.15) is 5.75 Å². The van der Waals surface area contributed by atoms with Gasteiger partial charge in [0.15, 0.2) is 0 Å². The fourth-order valence-corrected chi connectivity index (χ4v) is 1.94. The number of hydrogen-bond acceptors (Lipinski definition) is 3. The van der Waals surface area contributed by atoms with Crippen LogP contribution in [-0.2, 0) is 0 Å². The Labute approximate surface area is 126 Å². The van der Waals surface area contributed by atoms with Gasteiger partial charge in [0.2, 0.25) is 5.79 Å². The van der Waals surface area contributed by atoms with Crippen LogP contribution >= 0.6 is 15.9 Å². The molecule has 20 heavy (non-hydrogen) atoms. The molecule has 2 aliphatic rings. The van der Waals surface area contributed by atoms with Crippen LogP contribution in [0.3, 0.4) is 0 Å². The number of rotatable bonds is 4. The van der Waals surface area contributed by atoms with Crippen molar-refractivity contribution in [2.24, 2.45) is 0 Å². The maximum atomic E-state index is 9.64. The zero-order chi connectivity index (χ0) is 14.6. The van der Waals surface area contributed by atoms with E-state index in [0.717, 1.165) is 4.47 Å². The lowest BCUT2D eigenvalue weighted by Gasteiger charge is -2.23. The van der Waals surface area contributed by atoms with Gasteiger partial charge in [-0.2, -0.15) is 0 Å². The summed E-state index contributed by atoms with van der Waals surface area (Å²) in [7, 11) is 0. The van der Waals surface area contributed by atoms with E-state index in [0.29, 0.717) is 5.75 Å². The van der Waals surface area contributed by atoms with E-state index in [-0.39, 0.29) is 13.0 Å². The molecule has 0 aromatic heterocycles. The van der Waals surface area contributed by atoms with Crippen molar-refractivity contribution in [1.82, 2.24) is 0 Å². The molecule has 1 aromatic carbocycles. The van der Waals surface area contributed by atoms with Crippen molar-refractivity contribution in [3.05, 3.63) is 63.4 Å². The minimum atomic E-state index is -1.32. The van der Waals surface area contributed by atoms with Gasteiger partial charge in [0.25, 0.3) is 0 Å². The summed E-state index contributed by atoms with van der Waals surface area (Å²) in [5.41, 5.74) is 0. The molecule has 0 fully saturated rings. The molecule has 2 N–H and O–H groups in total. The van der Waals surface area contributed by atoms with E-state index < -0.39 is 5.79 Å². The molecule has 1 aromatic rings. The van der Waals surface area contributed by atoms with Gasteiger partial charge in [0, 0.05) is 24.4 Å². The SMILES string of the molecule is CC(O)(CCO)Oc1ccc(Br)cc1.c1cc2ccc1=2. The van der Waals surface area contributed by atoms with Gasteiger partial charge in [-0.1, -0.05) is 40.2 Å². The molecule has 1 atom stereocenters. The molecule has 0 bridgehead atoms. The summed E-state index contributed by atoms with van der Waals surface area (Å²) in [5, 5.41) is 21.2. The Bertz CT molecular complexity index is 600. The molecule has 0 saturated carbocycles. The van der Waals surface area contributed by atoms with Gasteiger partial charge < -0.3 is 14.9 Å². The van der Waals surface area contributed by atoms with Crippen LogP contribution in [0, 0.1) is 10.4 Å². The zero-order valence-electron chi connectivity index (χ0n) is 11.2. The third-order valence-corrected chi connectivity index (χ3v) is 3.47. The number of aliphatic hydroxyl groups excluding tert-OH is 1. The van der Waals surface area contributed by atoms with Crippen LogP contribution in [0.25, 0.3) is 0 Å². The standard InChI is InChI=1S/C10H13BrO3.C6H4/c1-10(13,6-7-12)14-9-4-2-8(11)3-5-9;1-2-6-4-3-5(1)6/h2-5,12-13H,6-7H2,1H3;1-4H. The first-order chi connectivity index (χ1) is 9.50. The topological polar surface area (TPSA) is 49.7 Å². The minimum Gasteiger partial charge on any atom is -0.463 e. The molecular weight excluding hydrogens is 320 g/mol. The first kappa shape index (κ1) is 15.0. The van der Waals surface area contributed by atoms with Crippen LogP contribution < -0.4 is 4.74 Å². The molecule has 106 valence electrons. The highest BCUT2D eigenvalue weighted by Crippen LogP contribution is 2.21. The van der Waals surface area contributed by atoms with Gasteiger partial charge in [-0.15, -0.1) is 0 Å². The maximum Gasteiger partial charge on any atom is 0.207 e. The lowest BCUT2D eigenvalue weighted by atomic mass is 10.1. The van der Waals surface area contributed by atoms with Crippen molar-refractivity contribution in [2.45, 2.75) is 19.1 Å². The summed E-state index contributed by atoms with van der Waals surface area (Å²) in [6, 6.07) is 15.6. The van der Waals surface area contributed by atoms with Gasteiger partial charge in [-0.3, -0.25) is 0 Å². The van der Waals surface area contributed by atoms with Crippen LogP contribution in [0.4, 0.5) is 0 Å². The van der Waals surface area contributed by atoms with Crippen LogP contribution in [0.2, 0.25) is 0 Å². The molecule has 0 radical (unpaired) electrons. The Balaban J connectivity index is 0.000000198. The third kappa shape index (κ3) is 4.07. The molecule has 4 heteroatoms. The summed E-state index contributed by atoms with van der Waals surface area (Å²) in [6.45, 7) is 1.41. The van der Waals surface area contributed by atoms with E-state index in [1.807, 2.05) is 12.1 Å². The quantitative estimate of drug-likeness (QED) is 0.719. The summed E-state index contributed by atoms with van der Waals surface area (Å²) >= 11 is 3.30. The van der Waals surface area contributed by atoms with Crippen LogP contribution in [0.1, 0.15) is 13.3 Å². The first-order valence-electron chi connectivity index (χ1n) is 6.38. The van der Waals surface area contributed by atoms with E-state index in [9.17, 15) is 5.11 Å². The van der Waals surface area contributed by atoms with Gasteiger partial charge in [0.05, 0.1) is 0 Å². The second-order valence-electron chi connectivity index (χ2n) is 4.78. The van der Waals surface area contributed by atoms with Gasteiger partial charge in [-0.25, -0.2) is 0 Å².